The van der Waals surface area contributed by atoms with Crippen molar-refractivity contribution in [3.05, 3.63) is 72.3 Å². The van der Waals surface area contributed by atoms with Gasteiger partial charge >= 0.3 is 0 Å². The minimum absolute atomic E-state index is 0.0281. The number of anilines is 1. The lowest BCUT2D eigenvalue weighted by Gasteiger charge is -2.22. The quantitative estimate of drug-likeness (QED) is 0.528. The van der Waals surface area contributed by atoms with E-state index < -0.39 is 10.0 Å². The fraction of sp³-hybridized carbons (Fsp3) is 0.261. The predicted molar refractivity (Wildman–Crippen MR) is 121 cm³/mol. The largest absolute Gasteiger partial charge is 0.492 e. The molecule has 0 aliphatic carbocycles. The molecule has 0 aliphatic rings. The Bertz CT molecular complexity index is 1110. The van der Waals surface area contributed by atoms with E-state index in [4.69, 9.17) is 4.74 Å². The summed E-state index contributed by atoms with van der Waals surface area (Å²) in [5.41, 5.74) is 1.02. The first kappa shape index (κ1) is 21.6. The van der Waals surface area contributed by atoms with Crippen LogP contribution >= 0.6 is 0 Å². The minimum atomic E-state index is -3.34. The Kier molecular flexibility index (Phi) is 6.95. The van der Waals surface area contributed by atoms with Crippen LogP contribution in [0.5, 0.6) is 5.75 Å². The number of benzene rings is 3. The fourth-order valence-corrected chi connectivity index (χ4v) is 4.32. The average Bonchev–Trinajstić information content (AvgIpc) is 2.77. The van der Waals surface area contributed by atoms with Crippen LogP contribution < -0.4 is 14.4 Å². The highest BCUT2D eigenvalue weighted by molar-refractivity contribution is 7.92. The highest BCUT2D eigenvalue weighted by Gasteiger charge is 2.18. The number of nitrogens with zero attached hydrogens (tertiary/aromatic N) is 1. The number of hydrogen-bond acceptors (Lipinski definition) is 4. The second-order valence-corrected chi connectivity index (χ2v) is 8.91. The first-order valence-electron chi connectivity index (χ1n) is 9.95. The van der Waals surface area contributed by atoms with E-state index in [2.05, 4.69) is 5.32 Å². The van der Waals surface area contributed by atoms with Crippen LogP contribution in [0.4, 0.5) is 5.69 Å². The van der Waals surface area contributed by atoms with Gasteiger partial charge < -0.3 is 10.1 Å². The Morgan fingerprint density at radius 1 is 0.967 bits per heavy atom. The zero-order valence-electron chi connectivity index (χ0n) is 17.2. The first-order chi connectivity index (χ1) is 14.4. The Morgan fingerprint density at radius 2 is 1.67 bits per heavy atom. The minimum Gasteiger partial charge on any atom is -0.492 e. The molecular weight excluding hydrogens is 400 g/mol. The summed E-state index contributed by atoms with van der Waals surface area (Å²) < 4.78 is 31.4. The molecule has 0 saturated heterocycles. The zero-order valence-corrected chi connectivity index (χ0v) is 18.0. The van der Waals surface area contributed by atoms with Gasteiger partial charge in [0, 0.05) is 12.1 Å². The van der Waals surface area contributed by atoms with E-state index in [-0.39, 0.29) is 11.7 Å². The monoisotopic (exact) mass is 426 g/mol. The van der Waals surface area contributed by atoms with Gasteiger partial charge in [-0.3, -0.25) is 9.10 Å². The standard InChI is InChI=1S/C23H26N2O4S/c1-3-25(30(27,28)4-2)21-12-9-19(10-13-21)23(26)24-15-16-29-22-14-11-18-7-5-6-8-20(18)17-22/h5-14,17H,3-4,15-16H2,1-2H3,(H,24,26). The van der Waals surface area contributed by atoms with E-state index in [0.717, 1.165) is 16.5 Å². The van der Waals surface area contributed by atoms with E-state index >= 15 is 0 Å². The second kappa shape index (κ2) is 9.63. The summed E-state index contributed by atoms with van der Waals surface area (Å²) in [6.07, 6.45) is 0. The molecule has 3 rings (SSSR count). The zero-order chi connectivity index (χ0) is 21.6. The Labute approximate surface area is 177 Å². The number of hydrogen-bond donors (Lipinski definition) is 1. The third-order valence-corrected chi connectivity index (χ3v) is 6.65. The molecule has 0 fully saturated rings. The third-order valence-electron chi connectivity index (χ3n) is 4.78. The van der Waals surface area contributed by atoms with Gasteiger partial charge in [0.05, 0.1) is 18.0 Å². The summed E-state index contributed by atoms with van der Waals surface area (Å²) in [6.45, 7) is 4.44. The fourth-order valence-electron chi connectivity index (χ4n) is 3.17. The van der Waals surface area contributed by atoms with Crippen molar-refractivity contribution in [2.24, 2.45) is 0 Å². The van der Waals surface area contributed by atoms with Gasteiger partial charge in [0.25, 0.3) is 5.91 Å². The number of fused-ring (bicyclic) bond motifs is 1. The molecule has 0 unspecified atom stereocenters. The first-order valence-corrected chi connectivity index (χ1v) is 11.6. The molecule has 1 N–H and O–H groups in total. The molecule has 3 aromatic rings. The van der Waals surface area contributed by atoms with Crippen molar-refractivity contribution in [2.75, 3.05) is 29.8 Å². The van der Waals surface area contributed by atoms with Crippen molar-refractivity contribution < 1.29 is 17.9 Å². The second-order valence-electron chi connectivity index (χ2n) is 6.73. The van der Waals surface area contributed by atoms with E-state index in [1.165, 1.54) is 4.31 Å². The maximum atomic E-state index is 12.3. The predicted octanol–water partition coefficient (Wildman–Crippen LogP) is 3.82. The smallest absolute Gasteiger partial charge is 0.251 e. The van der Waals surface area contributed by atoms with Crippen molar-refractivity contribution in [3.8, 4) is 5.75 Å². The van der Waals surface area contributed by atoms with Gasteiger partial charge in [-0.1, -0.05) is 30.3 Å². The molecule has 0 bridgehead atoms. The van der Waals surface area contributed by atoms with Crippen LogP contribution in [-0.4, -0.2) is 39.8 Å². The van der Waals surface area contributed by atoms with Gasteiger partial charge in [-0.25, -0.2) is 8.42 Å². The molecule has 7 heteroatoms. The number of nitrogens with one attached hydrogen (secondary N) is 1. The normalized spacial score (nSPS) is 11.3. The number of amides is 1. The van der Waals surface area contributed by atoms with E-state index in [1.54, 1.807) is 38.1 Å². The number of sulfonamides is 1. The van der Waals surface area contributed by atoms with E-state index in [9.17, 15) is 13.2 Å². The Balaban J connectivity index is 1.53. The Hall–Kier alpha value is -3.06. The third kappa shape index (κ3) is 5.10. The molecule has 0 heterocycles. The summed E-state index contributed by atoms with van der Waals surface area (Å²) in [4.78, 5) is 12.3. The van der Waals surface area contributed by atoms with Crippen LogP contribution in [0.15, 0.2) is 66.7 Å². The molecule has 1 amide bonds. The van der Waals surface area contributed by atoms with Crippen molar-refractivity contribution in [3.63, 3.8) is 0 Å². The summed E-state index contributed by atoms with van der Waals surface area (Å²) >= 11 is 0. The SMILES string of the molecule is CCN(c1ccc(C(=O)NCCOc2ccc3ccccc3c2)cc1)S(=O)(=O)CC. The number of rotatable bonds is 9. The summed E-state index contributed by atoms with van der Waals surface area (Å²) in [6, 6.07) is 20.5. The molecule has 0 saturated carbocycles. The topological polar surface area (TPSA) is 75.7 Å². The van der Waals surface area contributed by atoms with Gasteiger partial charge in [0.1, 0.15) is 12.4 Å². The highest BCUT2D eigenvalue weighted by Crippen LogP contribution is 2.21. The van der Waals surface area contributed by atoms with Crippen molar-refractivity contribution in [1.82, 2.24) is 5.32 Å². The van der Waals surface area contributed by atoms with Crippen molar-refractivity contribution in [1.29, 1.82) is 0 Å². The maximum Gasteiger partial charge on any atom is 0.251 e. The maximum absolute atomic E-state index is 12.3. The number of carbonyl (C=O) groups is 1. The molecule has 0 aromatic heterocycles. The lowest BCUT2D eigenvalue weighted by atomic mass is 10.1. The number of ether oxygens (including phenoxy) is 1. The van der Waals surface area contributed by atoms with Gasteiger partial charge in [-0.15, -0.1) is 0 Å². The van der Waals surface area contributed by atoms with Gasteiger partial charge in [0.2, 0.25) is 10.0 Å². The molecular formula is C23H26N2O4S. The lowest BCUT2D eigenvalue weighted by molar-refractivity contribution is 0.0947. The van der Waals surface area contributed by atoms with Gasteiger partial charge in [-0.2, -0.15) is 0 Å². The van der Waals surface area contributed by atoms with Crippen molar-refractivity contribution in [2.45, 2.75) is 13.8 Å². The summed E-state index contributed by atoms with van der Waals surface area (Å²) in [5.74, 6) is 0.550. The van der Waals surface area contributed by atoms with E-state index in [1.807, 2.05) is 42.5 Å². The van der Waals surface area contributed by atoms with Crippen molar-refractivity contribution >= 4 is 32.4 Å². The summed E-state index contributed by atoms with van der Waals surface area (Å²) in [5, 5.41) is 5.06. The lowest BCUT2D eigenvalue weighted by Crippen LogP contribution is -2.32. The molecule has 0 aliphatic heterocycles. The molecule has 30 heavy (non-hydrogen) atoms. The van der Waals surface area contributed by atoms with Crippen LogP contribution in [0.2, 0.25) is 0 Å². The van der Waals surface area contributed by atoms with Gasteiger partial charge in [0.15, 0.2) is 0 Å². The summed E-state index contributed by atoms with van der Waals surface area (Å²) in [7, 11) is -3.34. The molecule has 3 aromatic carbocycles. The van der Waals surface area contributed by atoms with Gasteiger partial charge in [-0.05, 0) is 61.0 Å². The molecule has 158 valence electrons. The number of carbonyl (C=O) groups excluding carboxylic acids is 1. The van der Waals surface area contributed by atoms with Crippen LogP contribution in [0.1, 0.15) is 24.2 Å². The van der Waals surface area contributed by atoms with Crippen LogP contribution in [0.25, 0.3) is 10.8 Å². The Morgan fingerprint density at radius 3 is 2.33 bits per heavy atom. The van der Waals surface area contributed by atoms with Crippen LogP contribution in [-0.2, 0) is 10.0 Å². The molecule has 0 atom stereocenters. The van der Waals surface area contributed by atoms with Crippen LogP contribution in [0, 0.1) is 0 Å². The average molecular weight is 427 g/mol. The molecule has 0 spiro atoms. The molecule has 0 radical (unpaired) electrons. The highest BCUT2D eigenvalue weighted by atomic mass is 32.2. The molecule has 6 nitrogen and oxygen atoms in total. The van der Waals surface area contributed by atoms with Crippen LogP contribution in [0.3, 0.4) is 0 Å². The van der Waals surface area contributed by atoms with E-state index in [0.29, 0.717) is 30.9 Å².